The molecule has 1 aromatic carbocycles. The second-order valence-electron chi connectivity index (χ2n) is 4.06. The van der Waals surface area contributed by atoms with Crippen molar-refractivity contribution >= 4 is 12.0 Å². The maximum atomic E-state index is 13.0. The number of aliphatic hydroxyl groups is 1. The Morgan fingerprint density at radius 2 is 2.05 bits per heavy atom. The van der Waals surface area contributed by atoms with Gasteiger partial charge in [0, 0.05) is 5.56 Å². The number of esters is 1. The van der Waals surface area contributed by atoms with Gasteiger partial charge in [0.15, 0.2) is 0 Å². The molecule has 0 saturated carbocycles. The van der Waals surface area contributed by atoms with Gasteiger partial charge in [-0.25, -0.2) is 4.79 Å². The van der Waals surface area contributed by atoms with Gasteiger partial charge in [-0.1, -0.05) is 18.2 Å². The van der Waals surface area contributed by atoms with E-state index in [2.05, 4.69) is 9.47 Å². The average molecular weight is 288 g/mol. The fraction of sp³-hybridized carbons (Fsp3) is 0.308. The SMILES string of the molecule is CCOC(=O)C1=Cc2ccccc2O[C@@]1(O)C(F)(F)F. The summed E-state index contributed by atoms with van der Waals surface area (Å²) in [7, 11) is 0. The number of carbonyl (C=O) groups is 1. The number of hydrogen-bond donors (Lipinski definition) is 1. The van der Waals surface area contributed by atoms with E-state index < -0.39 is 23.5 Å². The predicted molar refractivity (Wildman–Crippen MR) is 62.7 cm³/mol. The predicted octanol–water partition coefficient (Wildman–Crippen LogP) is 2.28. The molecule has 4 nitrogen and oxygen atoms in total. The Labute approximate surface area is 112 Å². The zero-order chi connectivity index (χ0) is 15.0. The van der Waals surface area contributed by atoms with Crippen LogP contribution in [0.25, 0.3) is 6.08 Å². The largest absolute Gasteiger partial charge is 0.462 e. The lowest BCUT2D eigenvalue weighted by atomic mass is 9.98. The van der Waals surface area contributed by atoms with Crippen molar-refractivity contribution in [1.29, 1.82) is 0 Å². The summed E-state index contributed by atoms with van der Waals surface area (Å²) >= 11 is 0. The van der Waals surface area contributed by atoms with Gasteiger partial charge in [0.25, 0.3) is 0 Å². The Bertz CT molecular complexity index is 565. The van der Waals surface area contributed by atoms with Gasteiger partial charge >= 0.3 is 17.9 Å². The van der Waals surface area contributed by atoms with Crippen molar-refractivity contribution in [2.24, 2.45) is 0 Å². The first-order valence-electron chi connectivity index (χ1n) is 5.76. The molecular formula is C13H11F3O4. The van der Waals surface area contributed by atoms with Gasteiger partial charge in [0.2, 0.25) is 0 Å². The molecule has 0 amide bonds. The lowest BCUT2D eigenvalue weighted by molar-refractivity contribution is -0.316. The van der Waals surface area contributed by atoms with Crippen molar-refractivity contribution in [1.82, 2.24) is 0 Å². The first kappa shape index (κ1) is 14.4. The number of alkyl halides is 3. The van der Waals surface area contributed by atoms with Crippen molar-refractivity contribution in [3.63, 3.8) is 0 Å². The Hall–Kier alpha value is -2.02. The minimum Gasteiger partial charge on any atom is -0.462 e. The smallest absolute Gasteiger partial charge is 0.460 e. The Kier molecular flexibility index (Phi) is 3.47. The van der Waals surface area contributed by atoms with Crippen LogP contribution in [0.15, 0.2) is 29.8 Å². The van der Waals surface area contributed by atoms with Crippen LogP contribution in [0.4, 0.5) is 13.2 Å². The van der Waals surface area contributed by atoms with Gasteiger partial charge in [-0.05, 0) is 19.1 Å². The molecule has 1 aromatic rings. The van der Waals surface area contributed by atoms with Crippen molar-refractivity contribution in [2.75, 3.05) is 6.61 Å². The molecule has 1 aliphatic rings. The fourth-order valence-corrected chi connectivity index (χ4v) is 1.78. The van der Waals surface area contributed by atoms with Crippen molar-refractivity contribution in [3.05, 3.63) is 35.4 Å². The van der Waals surface area contributed by atoms with Crippen LogP contribution < -0.4 is 4.74 Å². The van der Waals surface area contributed by atoms with Crippen LogP contribution in [0, 0.1) is 0 Å². The molecule has 0 unspecified atom stereocenters. The zero-order valence-electron chi connectivity index (χ0n) is 10.4. The van der Waals surface area contributed by atoms with Gasteiger partial charge in [-0.2, -0.15) is 13.2 Å². The molecule has 2 rings (SSSR count). The van der Waals surface area contributed by atoms with E-state index in [1.165, 1.54) is 25.1 Å². The van der Waals surface area contributed by atoms with E-state index in [1.807, 2.05) is 0 Å². The number of carbonyl (C=O) groups excluding carboxylic acids is 1. The highest BCUT2D eigenvalue weighted by Gasteiger charge is 2.63. The van der Waals surface area contributed by atoms with Crippen LogP contribution in [0.3, 0.4) is 0 Å². The summed E-state index contributed by atoms with van der Waals surface area (Å²) in [6, 6.07) is 5.76. The highest BCUT2D eigenvalue weighted by atomic mass is 19.4. The Morgan fingerprint density at radius 1 is 1.40 bits per heavy atom. The van der Waals surface area contributed by atoms with Crippen LogP contribution in [-0.2, 0) is 9.53 Å². The van der Waals surface area contributed by atoms with Gasteiger partial charge < -0.3 is 14.6 Å². The van der Waals surface area contributed by atoms with Crippen molar-refractivity contribution in [2.45, 2.75) is 18.9 Å². The number of benzene rings is 1. The van der Waals surface area contributed by atoms with Gasteiger partial charge in [-0.3, -0.25) is 0 Å². The fourth-order valence-electron chi connectivity index (χ4n) is 1.78. The molecule has 7 heteroatoms. The third-order valence-corrected chi connectivity index (χ3v) is 2.72. The molecule has 20 heavy (non-hydrogen) atoms. The molecule has 0 spiro atoms. The molecule has 1 aliphatic heterocycles. The second kappa shape index (κ2) is 4.82. The number of para-hydroxylation sites is 1. The molecule has 0 radical (unpaired) electrons. The molecule has 1 atom stereocenters. The number of rotatable bonds is 2. The van der Waals surface area contributed by atoms with E-state index in [-0.39, 0.29) is 17.9 Å². The van der Waals surface area contributed by atoms with Crippen LogP contribution >= 0.6 is 0 Å². The van der Waals surface area contributed by atoms with E-state index in [0.717, 1.165) is 6.08 Å². The van der Waals surface area contributed by atoms with Gasteiger partial charge in [0.05, 0.1) is 6.61 Å². The van der Waals surface area contributed by atoms with Crippen LogP contribution in [0.5, 0.6) is 5.75 Å². The van der Waals surface area contributed by atoms with E-state index in [1.54, 1.807) is 6.07 Å². The number of hydrogen-bond acceptors (Lipinski definition) is 4. The number of halogens is 3. The summed E-state index contributed by atoms with van der Waals surface area (Å²) in [5.74, 6) is -5.16. The van der Waals surface area contributed by atoms with E-state index in [9.17, 15) is 23.1 Å². The summed E-state index contributed by atoms with van der Waals surface area (Å²) in [5, 5.41) is 9.80. The van der Waals surface area contributed by atoms with Crippen LogP contribution in [-0.4, -0.2) is 29.6 Å². The summed E-state index contributed by atoms with van der Waals surface area (Å²) in [6.45, 7) is 1.33. The molecule has 1 N–H and O–H groups in total. The highest BCUT2D eigenvalue weighted by Crippen LogP contribution is 2.43. The van der Waals surface area contributed by atoms with E-state index in [4.69, 9.17) is 0 Å². The normalized spacial score (nSPS) is 21.6. The summed E-state index contributed by atoms with van der Waals surface area (Å²) in [4.78, 5) is 11.6. The van der Waals surface area contributed by atoms with Crippen molar-refractivity contribution < 1.29 is 32.5 Å². The second-order valence-corrected chi connectivity index (χ2v) is 4.06. The molecule has 0 bridgehead atoms. The van der Waals surface area contributed by atoms with Gasteiger partial charge in [0.1, 0.15) is 11.3 Å². The molecule has 0 fully saturated rings. The van der Waals surface area contributed by atoms with E-state index in [0.29, 0.717) is 0 Å². The quantitative estimate of drug-likeness (QED) is 0.848. The third kappa shape index (κ3) is 2.24. The van der Waals surface area contributed by atoms with Crippen molar-refractivity contribution in [3.8, 4) is 5.75 Å². The minimum absolute atomic E-state index is 0.119. The average Bonchev–Trinajstić information content (AvgIpc) is 2.36. The van der Waals surface area contributed by atoms with E-state index >= 15 is 0 Å². The standard InChI is InChI=1S/C13H11F3O4/c1-2-19-11(17)9-7-8-5-3-4-6-10(8)20-12(9,18)13(14,15)16/h3-7,18H,2H2,1H3/t12-/m1/s1. The minimum atomic E-state index is -5.18. The monoisotopic (exact) mass is 288 g/mol. The number of ether oxygens (including phenoxy) is 2. The maximum Gasteiger partial charge on any atom is 0.460 e. The molecule has 108 valence electrons. The Balaban J connectivity index is 2.56. The summed E-state index contributed by atoms with van der Waals surface area (Å²) < 4.78 is 48.3. The third-order valence-electron chi connectivity index (χ3n) is 2.72. The number of fused-ring (bicyclic) bond motifs is 1. The maximum absolute atomic E-state index is 13.0. The van der Waals surface area contributed by atoms with Crippen LogP contribution in [0.2, 0.25) is 0 Å². The summed E-state index contributed by atoms with van der Waals surface area (Å²) in [5.41, 5.74) is -0.741. The molecule has 0 saturated heterocycles. The summed E-state index contributed by atoms with van der Waals surface area (Å²) in [6.07, 6.45) is -4.26. The first-order chi connectivity index (χ1) is 9.29. The topological polar surface area (TPSA) is 55.8 Å². The Morgan fingerprint density at radius 3 is 2.65 bits per heavy atom. The molecule has 0 aromatic heterocycles. The lowest BCUT2D eigenvalue weighted by Gasteiger charge is -2.34. The highest BCUT2D eigenvalue weighted by molar-refractivity contribution is 5.97. The molecule has 1 heterocycles. The lowest BCUT2D eigenvalue weighted by Crippen LogP contribution is -2.55. The molecule has 0 aliphatic carbocycles. The zero-order valence-corrected chi connectivity index (χ0v) is 10.4. The van der Waals surface area contributed by atoms with Crippen LogP contribution in [0.1, 0.15) is 12.5 Å². The first-order valence-corrected chi connectivity index (χ1v) is 5.76. The van der Waals surface area contributed by atoms with Gasteiger partial charge in [-0.15, -0.1) is 0 Å². The molecular weight excluding hydrogens is 277 g/mol.